The van der Waals surface area contributed by atoms with Crippen LogP contribution in [0.3, 0.4) is 0 Å². The minimum Gasteiger partial charge on any atom is -0.365 e. The zero-order valence-corrected chi connectivity index (χ0v) is 7.33. The van der Waals surface area contributed by atoms with Gasteiger partial charge in [0.25, 0.3) is 0 Å². The first-order chi connectivity index (χ1) is 6.38. The van der Waals surface area contributed by atoms with E-state index in [9.17, 15) is 4.39 Å². The van der Waals surface area contributed by atoms with E-state index in [0.717, 1.165) is 26.2 Å². The number of halogens is 1. The highest BCUT2D eigenvalue weighted by atomic mass is 19.1. The molecular weight excluding hydrogens is 169 g/mol. The molecule has 1 aromatic rings. The lowest BCUT2D eigenvalue weighted by Crippen LogP contribution is -2.43. The van der Waals surface area contributed by atoms with Crippen LogP contribution in [-0.4, -0.2) is 31.2 Å². The van der Waals surface area contributed by atoms with Crippen LogP contribution in [0.4, 0.5) is 10.1 Å². The van der Waals surface area contributed by atoms with Crippen LogP contribution in [0.25, 0.3) is 0 Å². The number of hydrogen-bond acceptors (Lipinski definition) is 3. The number of rotatable bonds is 1. The van der Waals surface area contributed by atoms with Crippen molar-refractivity contribution in [3.8, 4) is 0 Å². The van der Waals surface area contributed by atoms with E-state index in [2.05, 4.69) is 10.3 Å². The van der Waals surface area contributed by atoms with Gasteiger partial charge in [0.15, 0.2) is 0 Å². The van der Waals surface area contributed by atoms with E-state index in [0.29, 0.717) is 5.69 Å². The highest BCUT2D eigenvalue weighted by Crippen LogP contribution is 2.16. The number of aromatic nitrogens is 1. The standard InChI is InChI=1S/C9H12FN3/c10-8-1-2-12-7-9(8)13-5-3-11-4-6-13/h1-2,7,11H,3-6H2. The van der Waals surface area contributed by atoms with Crippen LogP contribution in [-0.2, 0) is 0 Å². The molecule has 0 saturated carbocycles. The molecule has 2 heterocycles. The molecule has 13 heavy (non-hydrogen) atoms. The average Bonchev–Trinajstić information content (AvgIpc) is 2.20. The summed E-state index contributed by atoms with van der Waals surface area (Å²) in [4.78, 5) is 5.93. The van der Waals surface area contributed by atoms with Gasteiger partial charge < -0.3 is 10.2 Å². The molecule has 0 spiro atoms. The molecule has 1 aromatic heterocycles. The second-order valence-electron chi connectivity index (χ2n) is 3.06. The quantitative estimate of drug-likeness (QED) is 0.688. The topological polar surface area (TPSA) is 28.2 Å². The number of hydrogen-bond donors (Lipinski definition) is 1. The first kappa shape index (κ1) is 8.44. The first-order valence-corrected chi connectivity index (χ1v) is 4.43. The normalized spacial score (nSPS) is 17.5. The highest BCUT2D eigenvalue weighted by Gasteiger charge is 2.13. The van der Waals surface area contributed by atoms with E-state index >= 15 is 0 Å². The van der Waals surface area contributed by atoms with Crippen molar-refractivity contribution < 1.29 is 4.39 Å². The lowest BCUT2D eigenvalue weighted by Gasteiger charge is -2.29. The average molecular weight is 181 g/mol. The van der Waals surface area contributed by atoms with Gasteiger partial charge in [-0.25, -0.2) is 4.39 Å². The van der Waals surface area contributed by atoms with Crippen LogP contribution in [0.5, 0.6) is 0 Å². The third kappa shape index (κ3) is 1.78. The lowest BCUT2D eigenvalue weighted by molar-refractivity contribution is 0.565. The number of nitrogens with one attached hydrogen (secondary N) is 1. The molecule has 0 aliphatic carbocycles. The van der Waals surface area contributed by atoms with Crippen molar-refractivity contribution in [1.82, 2.24) is 10.3 Å². The molecule has 1 saturated heterocycles. The summed E-state index contributed by atoms with van der Waals surface area (Å²) in [6.45, 7) is 3.52. The van der Waals surface area contributed by atoms with Crippen LogP contribution in [0.15, 0.2) is 18.5 Å². The molecule has 0 bridgehead atoms. The van der Waals surface area contributed by atoms with Gasteiger partial charge in [-0.2, -0.15) is 0 Å². The maximum Gasteiger partial charge on any atom is 0.149 e. The molecule has 3 nitrogen and oxygen atoms in total. The summed E-state index contributed by atoms with van der Waals surface area (Å²) < 4.78 is 13.3. The summed E-state index contributed by atoms with van der Waals surface area (Å²) in [7, 11) is 0. The lowest BCUT2D eigenvalue weighted by atomic mass is 10.3. The van der Waals surface area contributed by atoms with Crippen LogP contribution >= 0.6 is 0 Å². The van der Waals surface area contributed by atoms with Crippen LogP contribution < -0.4 is 10.2 Å². The maximum atomic E-state index is 13.3. The summed E-state index contributed by atoms with van der Waals surface area (Å²) in [5.41, 5.74) is 0.615. The van der Waals surface area contributed by atoms with Crippen molar-refractivity contribution in [3.05, 3.63) is 24.3 Å². The highest BCUT2D eigenvalue weighted by molar-refractivity contribution is 5.45. The Kier molecular flexibility index (Phi) is 2.40. The van der Waals surface area contributed by atoms with E-state index < -0.39 is 0 Å². The smallest absolute Gasteiger partial charge is 0.149 e. The second kappa shape index (κ2) is 3.70. The first-order valence-electron chi connectivity index (χ1n) is 4.43. The van der Waals surface area contributed by atoms with Gasteiger partial charge in [0, 0.05) is 32.4 Å². The van der Waals surface area contributed by atoms with Crippen molar-refractivity contribution in [2.45, 2.75) is 0 Å². The van der Waals surface area contributed by atoms with E-state index in [1.807, 2.05) is 4.90 Å². The van der Waals surface area contributed by atoms with Gasteiger partial charge in [0.05, 0.1) is 11.9 Å². The SMILES string of the molecule is Fc1ccncc1N1CCNCC1. The predicted molar refractivity (Wildman–Crippen MR) is 49.3 cm³/mol. The summed E-state index contributed by atoms with van der Waals surface area (Å²) >= 11 is 0. The molecular formula is C9H12FN3. The van der Waals surface area contributed by atoms with Crippen LogP contribution in [0, 0.1) is 5.82 Å². The zero-order valence-electron chi connectivity index (χ0n) is 7.33. The fourth-order valence-electron chi connectivity index (χ4n) is 1.51. The van der Waals surface area contributed by atoms with Crippen LogP contribution in [0.2, 0.25) is 0 Å². The Balaban J connectivity index is 2.18. The number of pyridine rings is 1. The summed E-state index contributed by atoms with van der Waals surface area (Å²) in [5, 5.41) is 3.22. The van der Waals surface area contributed by atoms with E-state index in [1.54, 1.807) is 6.20 Å². The van der Waals surface area contributed by atoms with Gasteiger partial charge in [-0.05, 0) is 6.07 Å². The minimum atomic E-state index is -0.183. The Morgan fingerprint density at radius 2 is 2.15 bits per heavy atom. The summed E-state index contributed by atoms with van der Waals surface area (Å²) in [6, 6.07) is 1.40. The molecule has 0 aromatic carbocycles. The van der Waals surface area contributed by atoms with Crippen molar-refractivity contribution in [2.75, 3.05) is 31.1 Å². The van der Waals surface area contributed by atoms with Gasteiger partial charge in [0.2, 0.25) is 0 Å². The fourth-order valence-corrected chi connectivity index (χ4v) is 1.51. The number of nitrogens with zero attached hydrogens (tertiary/aromatic N) is 2. The minimum absolute atomic E-state index is 0.183. The number of piperazine rings is 1. The molecule has 1 N–H and O–H groups in total. The van der Waals surface area contributed by atoms with E-state index in [1.165, 1.54) is 12.3 Å². The molecule has 1 aliphatic heterocycles. The molecule has 0 unspecified atom stereocenters. The Hall–Kier alpha value is -1.16. The van der Waals surface area contributed by atoms with Gasteiger partial charge in [-0.15, -0.1) is 0 Å². The third-order valence-corrected chi connectivity index (χ3v) is 2.21. The molecule has 1 fully saturated rings. The summed E-state index contributed by atoms with van der Waals surface area (Å²) in [5.74, 6) is -0.183. The molecule has 0 radical (unpaired) electrons. The zero-order chi connectivity index (χ0) is 9.10. The molecule has 2 rings (SSSR count). The molecule has 1 aliphatic rings. The Morgan fingerprint density at radius 1 is 1.38 bits per heavy atom. The van der Waals surface area contributed by atoms with Gasteiger partial charge in [0.1, 0.15) is 5.82 Å². The van der Waals surface area contributed by atoms with E-state index in [-0.39, 0.29) is 5.82 Å². The molecule has 4 heteroatoms. The van der Waals surface area contributed by atoms with Crippen molar-refractivity contribution in [3.63, 3.8) is 0 Å². The molecule has 70 valence electrons. The molecule has 0 amide bonds. The Morgan fingerprint density at radius 3 is 2.85 bits per heavy atom. The third-order valence-electron chi connectivity index (χ3n) is 2.21. The molecule has 0 atom stereocenters. The van der Waals surface area contributed by atoms with Gasteiger partial charge in [-0.1, -0.05) is 0 Å². The second-order valence-corrected chi connectivity index (χ2v) is 3.06. The number of anilines is 1. The fraction of sp³-hybridized carbons (Fsp3) is 0.444. The van der Waals surface area contributed by atoms with E-state index in [4.69, 9.17) is 0 Å². The van der Waals surface area contributed by atoms with Crippen molar-refractivity contribution >= 4 is 5.69 Å². The van der Waals surface area contributed by atoms with Crippen molar-refractivity contribution in [2.24, 2.45) is 0 Å². The van der Waals surface area contributed by atoms with Gasteiger partial charge >= 0.3 is 0 Å². The largest absolute Gasteiger partial charge is 0.365 e. The predicted octanol–water partition coefficient (Wildman–Crippen LogP) is 0.630. The van der Waals surface area contributed by atoms with Crippen LogP contribution in [0.1, 0.15) is 0 Å². The Bertz CT molecular complexity index is 284. The monoisotopic (exact) mass is 181 g/mol. The summed E-state index contributed by atoms with van der Waals surface area (Å²) in [6.07, 6.45) is 3.06. The Labute approximate surface area is 76.6 Å². The van der Waals surface area contributed by atoms with Crippen molar-refractivity contribution in [1.29, 1.82) is 0 Å². The van der Waals surface area contributed by atoms with Gasteiger partial charge in [-0.3, -0.25) is 4.98 Å². The maximum absolute atomic E-state index is 13.3.